The van der Waals surface area contributed by atoms with Gasteiger partial charge < -0.3 is 14.8 Å². The van der Waals surface area contributed by atoms with Gasteiger partial charge in [-0.05, 0) is 24.3 Å². The number of hydrogen-bond acceptors (Lipinski definition) is 2. The lowest BCUT2D eigenvalue weighted by molar-refractivity contribution is -0.120. The molecule has 5 nitrogen and oxygen atoms in total. The molecule has 2 fully saturated rings. The molecule has 1 aromatic carbocycles. The summed E-state index contributed by atoms with van der Waals surface area (Å²) in [6.45, 7) is 1.87. The summed E-state index contributed by atoms with van der Waals surface area (Å²) in [4.78, 5) is 31.6. The van der Waals surface area contributed by atoms with Gasteiger partial charge >= 0.3 is 0 Å². The van der Waals surface area contributed by atoms with Crippen LogP contribution in [0.2, 0.25) is 0 Å². The van der Waals surface area contributed by atoms with Crippen LogP contribution in [0.15, 0.2) is 48.7 Å². The quantitative estimate of drug-likeness (QED) is 0.917. The summed E-state index contributed by atoms with van der Waals surface area (Å²) in [5, 5.41) is 0. The summed E-state index contributed by atoms with van der Waals surface area (Å²) in [7, 11) is 0. The maximum atomic E-state index is 12.6. The minimum Gasteiger partial charge on any atom is -0.357 e. The maximum Gasteiger partial charge on any atom is 0.270 e. The van der Waals surface area contributed by atoms with Gasteiger partial charge in [0, 0.05) is 37.4 Å². The number of amides is 2. The second-order valence-corrected chi connectivity index (χ2v) is 5.94. The number of aromatic nitrogens is 1. The number of likely N-dealkylation sites (tertiary alicyclic amines) is 1. The van der Waals surface area contributed by atoms with Crippen molar-refractivity contribution in [2.24, 2.45) is 11.8 Å². The van der Waals surface area contributed by atoms with Crippen LogP contribution in [-0.2, 0) is 4.79 Å². The number of para-hydroxylation sites is 1. The largest absolute Gasteiger partial charge is 0.357 e. The molecule has 112 valence electrons. The molecule has 0 bridgehead atoms. The van der Waals surface area contributed by atoms with Crippen molar-refractivity contribution in [2.45, 2.75) is 0 Å². The van der Waals surface area contributed by atoms with Crippen LogP contribution in [0.25, 0.3) is 0 Å². The first-order valence-electron chi connectivity index (χ1n) is 7.53. The number of nitrogens with zero attached hydrogens (tertiary/aromatic N) is 2. The van der Waals surface area contributed by atoms with Gasteiger partial charge in [0.2, 0.25) is 5.91 Å². The molecule has 4 rings (SSSR count). The standard InChI is InChI=1S/C17H17N3O2/c21-16-14-11-19(17(22)15-7-4-8-18-15)9-12(14)10-20(16)13-5-2-1-3-6-13/h1-8,12,14,18H,9-11H2/t12-,14-/m1/s1. The van der Waals surface area contributed by atoms with Crippen molar-refractivity contribution in [3.63, 3.8) is 0 Å². The highest BCUT2D eigenvalue weighted by atomic mass is 16.2. The Hall–Kier alpha value is -2.56. The lowest BCUT2D eigenvalue weighted by Crippen LogP contribution is -2.35. The number of benzene rings is 1. The van der Waals surface area contributed by atoms with Crippen molar-refractivity contribution in [1.29, 1.82) is 0 Å². The molecule has 2 amide bonds. The first-order chi connectivity index (χ1) is 10.7. The molecule has 2 atom stereocenters. The fourth-order valence-corrected chi connectivity index (χ4v) is 3.50. The van der Waals surface area contributed by atoms with E-state index >= 15 is 0 Å². The predicted octanol–water partition coefficient (Wildman–Crippen LogP) is 1.75. The maximum absolute atomic E-state index is 12.6. The monoisotopic (exact) mass is 295 g/mol. The second kappa shape index (κ2) is 5.02. The van der Waals surface area contributed by atoms with E-state index < -0.39 is 0 Å². The fourth-order valence-electron chi connectivity index (χ4n) is 3.50. The van der Waals surface area contributed by atoms with Crippen molar-refractivity contribution in [3.05, 3.63) is 54.4 Å². The van der Waals surface area contributed by atoms with Crippen LogP contribution in [-0.4, -0.2) is 41.3 Å². The molecule has 3 heterocycles. The first kappa shape index (κ1) is 13.1. The number of anilines is 1. The zero-order valence-corrected chi connectivity index (χ0v) is 12.1. The normalized spacial score (nSPS) is 23.9. The van der Waals surface area contributed by atoms with E-state index in [4.69, 9.17) is 0 Å². The average molecular weight is 295 g/mol. The Balaban J connectivity index is 1.50. The van der Waals surface area contributed by atoms with Crippen molar-refractivity contribution in [1.82, 2.24) is 9.88 Å². The number of carbonyl (C=O) groups is 2. The van der Waals surface area contributed by atoms with E-state index in [0.717, 1.165) is 5.69 Å². The van der Waals surface area contributed by atoms with Gasteiger partial charge in [0.05, 0.1) is 5.92 Å². The predicted molar refractivity (Wildman–Crippen MR) is 82.5 cm³/mol. The van der Waals surface area contributed by atoms with E-state index in [0.29, 0.717) is 25.3 Å². The molecule has 2 aromatic rings. The molecule has 0 unspecified atom stereocenters. The Kier molecular flexibility index (Phi) is 2.99. The number of H-pyrrole nitrogens is 1. The van der Waals surface area contributed by atoms with E-state index in [9.17, 15) is 9.59 Å². The molecule has 0 aliphatic carbocycles. The van der Waals surface area contributed by atoms with E-state index in [1.807, 2.05) is 41.3 Å². The van der Waals surface area contributed by atoms with Crippen LogP contribution in [0.5, 0.6) is 0 Å². The van der Waals surface area contributed by atoms with Gasteiger partial charge in [-0.25, -0.2) is 0 Å². The summed E-state index contributed by atoms with van der Waals surface area (Å²) in [6, 6.07) is 13.3. The van der Waals surface area contributed by atoms with E-state index in [1.54, 1.807) is 17.2 Å². The van der Waals surface area contributed by atoms with Gasteiger partial charge in [-0.2, -0.15) is 0 Å². The summed E-state index contributed by atoms with van der Waals surface area (Å²) in [5.41, 5.74) is 1.54. The van der Waals surface area contributed by atoms with Gasteiger partial charge in [-0.1, -0.05) is 18.2 Å². The van der Waals surface area contributed by atoms with Crippen molar-refractivity contribution < 1.29 is 9.59 Å². The van der Waals surface area contributed by atoms with Gasteiger partial charge in [-0.15, -0.1) is 0 Å². The second-order valence-electron chi connectivity index (χ2n) is 5.94. The lowest BCUT2D eigenvalue weighted by atomic mass is 10.0. The molecular weight excluding hydrogens is 278 g/mol. The summed E-state index contributed by atoms with van der Waals surface area (Å²) < 4.78 is 0. The Labute approximate surface area is 128 Å². The van der Waals surface area contributed by atoms with Crippen molar-refractivity contribution in [2.75, 3.05) is 24.5 Å². The lowest BCUT2D eigenvalue weighted by Gasteiger charge is -2.21. The van der Waals surface area contributed by atoms with Gasteiger partial charge in [-0.3, -0.25) is 9.59 Å². The van der Waals surface area contributed by atoms with Crippen LogP contribution in [0.4, 0.5) is 5.69 Å². The summed E-state index contributed by atoms with van der Waals surface area (Å²) in [6.07, 6.45) is 1.74. The zero-order chi connectivity index (χ0) is 15.1. The SMILES string of the molecule is O=C(c1ccc[nH]1)N1C[C@@H]2CN(c3ccccc3)C(=O)[C@@H]2C1. The van der Waals surface area contributed by atoms with Crippen molar-refractivity contribution >= 4 is 17.5 Å². The Morgan fingerprint density at radius 3 is 2.55 bits per heavy atom. The minimum atomic E-state index is -0.0703. The van der Waals surface area contributed by atoms with Gasteiger partial charge in [0.15, 0.2) is 0 Å². The number of fused-ring (bicyclic) bond motifs is 1. The van der Waals surface area contributed by atoms with E-state index in [2.05, 4.69) is 4.98 Å². The number of nitrogens with one attached hydrogen (secondary N) is 1. The topological polar surface area (TPSA) is 56.4 Å². The van der Waals surface area contributed by atoms with Crippen LogP contribution in [0.1, 0.15) is 10.5 Å². The Morgan fingerprint density at radius 2 is 1.86 bits per heavy atom. The average Bonchev–Trinajstić information content (AvgIpc) is 3.25. The third-order valence-corrected chi connectivity index (χ3v) is 4.62. The molecule has 1 aromatic heterocycles. The third kappa shape index (κ3) is 2.01. The number of rotatable bonds is 2. The van der Waals surface area contributed by atoms with Gasteiger partial charge in [0.1, 0.15) is 5.69 Å². The highest BCUT2D eigenvalue weighted by molar-refractivity contribution is 5.99. The van der Waals surface area contributed by atoms with Crippen molar-refractivity contribution in [3.8, 4) is 0 Å². The van der Waals surface area contributed by atoms with E-state index in [1.165, 1.54) is 0 Å². The molecule has 2 aliphatic heterocycles. The van der Waals surface area contributed by atoms with Crippen LogP contribution >= 0.6 is 0 Å². The molecule has 2 aliphatic rings. The van der Waals surface area contributed by atoms with Gasteiger partial charge in [0.25, 0.3) is 5.91 Å². The molecule has 0 saturated carbocycles. The Morgan fingerprint density at radius 1 is 1.05 bits per heavy atom. The zero-order valence-electron chi connectivity index (χ0n) is 12.1. The summed E-state index contributed by atoms with van der Waals surface area (Å²) >= 11 is 0. The molecule has 0 spiro atoms. The molecule has 1 N–H and O–H groups in total. The highest BCUT2D eigenvalue weighted by Gasteiger charge is 2.47. The smallest absolute Gasteiger partial charge is 0.270 e. The molecule has 5 heteroatoms. The molecule has 22 heavy (non-hydrogen) atoms. The number of carbonyl (C=O) groups excluding carboxylic acids is 2. The van der Waals surface area contributed by atoms with Crippen LogP contribution in [0.3, 0.4) is 0 Å². The Bertz CT molecular complexity index is 696. The minimum absolute atomic E-state index is 0.0153. The molecule has 0 radical (unpaired) electrons. The summed E-state index contributed by atoms with van der Waals surface area (Å²) in [5.74, 6) is 0.280. The first-order valence-corrected chi connectivity index (χ1v) is 7.53. The third-order valence-electron chi connectivity index (χ3n) is 4.62. The number of hydrogen-bond donors (Lipinski definition) is 1. The highest BCUT2D eigenvalue weighted by Crippen LogP contribution is 2.35. The molecule has 2 saturated heterocycles. The van der Waals surface area contributed by atoms with Crippen LogP contribution in [0, 0.1) is 11.8 Å². The molecular formula is C17H17N3O2. The van der Waals surface area contributed by atoms with E-state index in [-0.39, 0.29) is 23.7 Å². The number of aromatic amines is 1. The fraction of sp³-hybridized carbons (Fsp3) is 0.294. The van der Waals surface area contributed by atoms with Crippen LogP contribution < -0.4 is 4.90 Å².